The highest BCUT2D eigenvalue weighted by Crippen LogP contribution is 2.22. The van der Waals surface area contributed by atoms with E-state index < -0.39 is 33.4 Å². The lowest BCUT2D eigenvalue weighted by atomic mass is 10.1. The Kier molecular flexibility index (Phi) is 4.57. The van der Waals surface area contributed by atoms with E-state index in [0.29, 0.717) is 0 Å². The van der Waals surface area contributed by atoms with Crippen LogP contribution in [0.15, 0.2) is 24.3 Å². The Morgan fingerprint density at radius 1 is 1.14 bits per heavy atom. The normalized spacial score (nSPS) is 14.1. The van der Waals surface area contributed by atoms with Gasteiger partial charge in [0.2, 0.25) is 0 Å². The van der Waals surface area contributed by atoms with Crippen LogP contribution in [-0.2, 0) is 24.2 Å². The minimum Gasteiger partial charge on any atom is -0.384 e. The van der Waals surface area contributed by atoms with Crippen LogP contribution in [0.2, 0.25) is 0 Å². The maximum absolute atomic E-state index is 11.9. The molecule has 1 aliphatic rings. The molecule has 1 heterocycles. The van der Waals surface area contributed by atoms with Gasteiger partial charge in [0.1, 0.15) is 0 Å². The summed E-state index contributed by atoms with van der Waals surface area (Å²) in [5.74, 6) is -4.11. The van der Waals surface area contributed by atoms with Crippen molar-refractivity contribution in [2.45, 2.75) is 0 Å². The third kappa shape index (κ3) is 3.31. The third-order valence-electron chi connectivity index (χ3n) is 2.89. The Morgan fingerprint density at radius 3 is 2.18 bits per heavy atom. The van der Waals surface area contributed by atoms with Gasteiger partial charge in [-0.15, -0.1) is 0 Å². The second kappa shape index (κ2) is 6.24. The lowest BCUT2D eigenvalue weighted by Crippen LogP contribution is -2.35. The largest absolute Gasteiger partial charge is 0.384 e. The predicted molar refractivity (Wildman–Crippen MR) is 73.6 cm³/mol. The highest BCUT2D eigenvalue weighted by Gasteiger charge is 2.39. The van der Waals surface area contributed by atoms with E-state index in [1.165, 1.54) is 19.2 Å². The van der Waals surface area contributed by atoms with Crippen molar-refractivity contribution >= 4 is 27.6 Å². The van der Waals surface area contributed by atoms with Gasteiger partial charge in [0.05, 0.1) is 23.5 Å². The average Bonchev–Trinajstić information content (AvgIpc) is 2.70. The number of ether oxygens (including phenoxy) is 1. The molecule has 0 N–H and O–H groups in total. The molecule has 0 bridgehead atoms. The van der Waals surface area contributed by atoms with Gasteiger partial charge in [-0.3, -0.25) is 9.59 Å². The van der Waals surface area contributed by atoms with E-state index in [-0.39, 0.29) is 28.5 Å². The lowest BCUT2D eigenvalue weighted by molar-refractivity contribution is -0.165. The number of sulfone groups is 1. The monoisotopic (exact) mass is 327 g/mol. The molecular formula is C13H13NO7S. The zero-order valence-corrected chi connectivity index (χ0v) is 12.5. The van der Waals surface area contributed by atoms with Crippen molar-refractivity contribution in [3.8, 4) is 0 Å². The van der Waals surface area contributed by atoms with Crippen LogP contribution in [0.25, 0.3) is 0 Å². The van der Waals surface area contributed by atoms with E-state index in [2.05, 4.69) is 9.57 Å². The van der Waals surface area contributed by atoms with Crippen LogP contribution in [0.5, 0.6) is 0 Å². The zero-order valence-electron chi connectivity index (χ0n) is 11.6. The molecule has 9 heteroatoms. The molecule has 0 aromatic heterocycles. The summed E-state index contributed by atoms with van der Waals surface area (Å²) in [7, 11) is -2.41. The van der Waals surface area contributed by atoms with E-state index in [9.17, 15) is 22.8 Å². The lowest BCUT2D eigenvalue weighted by Gasteiger charge is -2.12. The average molecular weight is 327 g/mol. The summed E-state index contributed by atoms with van der Waals surface area (Å²) in [5, 5.41) is 0.277. The maximum Gasteiger partial charge on any atom is 0.348 e. The molecule has 0 radical (unpaired) electrons. The Hall–Kier alpha value is -2.26. The fraction of sp³-hybridized carbons (Fsp3) is 0.308. The standard InChI is InChI=1S/C13H13NO7S/c1-20-6-7-22(18,19)8-11(15)21-14-12(16)9-4-2-3-5-10(9)13(14)17/h2-5H,6-8H2,1H3. The van der Waals surface area contributed by atoms with Crippen molar-refractivity contribution in [1.29, 1.82) is 0 Å². The van der Waals surface area contributed by atoms with Gasteiger partial charge in [0.15, 0.2) is 15.6 Å². The number of hydrogen-bond acceptors (Lipinski definition) is 7. The smallest absolute Gasteiger partial charge is 0.348 e. The Labute approximate surface area is 126 Å². The number of methoxy groups -OCH3 is 1. The summed E-state index contributed by atoms with van der Waals surface area (Å²) in [6.07, 6.45) is 0. The second-order valence-corrected chi connectivity index (χ2v) is 6.68. The molecule has 2 amide bonds. The molecule has 0 saturated heterocycles. The van der Waals surface area contributed by atoms with Gasteiger partial charge in [-0.2, -0.15) is 0 Å². The number of rotatable bonds is 6. The van der Waals surface area contributed by atoms with Crippen LogP contribution in [0.4, 0.5) is 0 Å². The molecule has 0 atom stereocenters. The number of benzene rings is 1. The first-order chi connectivity index (χ1) is 10.4. The summed E-state index contributed by atoms with van der Waals surface area (Å²) in [6, 6.07) is 5.95. The van der Waals surface area contributed by atoms with Crippen molar-refractivity contribution < 1.29 is 32.4 Å². The number of hydroxylamine groups is 2. The molecule has 8 nitrogen and oxygen atoms in total. The first-order valence-corrected chi connectivity index (χ1v) is 8.06. The summed E-state index contributed by atoms with van der Waals surface area (Å²) in [4.78, 5) is 40.1. The van der Waals surface area contributed by atoms with E-state index in [4.69, 9.17) is 0 Å². The number of imide groups is 1. The molecule has 0 unspecified atom stereocenters. The van der Waals surface area contributed by atoms with Crippen LogP contribution >= 0.6 is 0 Å². The van der Waals surface area contributed by atoms with Gasteiger partial charge < -0.3 is 9.57 Å². The molecule has 2 rings (SSSR count). The van der Waals surface area contributed by atoms with Gasteiger partial charge in [0, 0.05) is 7.11 Å². The summed E-state index contributed by atoms with van der Waals surface area (Å²) in [6.45, 7) is -0.0668. The molecule has 0 aliphatic carbocycles. The van der Waals surface area contributed by atoms with Gasteiger partial charge in [0.25, 0.3) is 11.8 Å². The Morgan fingerprint density at radius 2 is 1.68 bits per heavy atom. The Bertz CT molecular complexity index is 691. The quantitative estimate of drug-likeness (QED) is 0.666. The van der Waals surface area contributed by atoms with Gasteiger partial charge in [-0.25, -0.2) is 13.2 Å². The van der Waals surface area contributed by atoms with Crippen LogP contribution in [-0.4, -0.2) is 56.5 Å². The number of carbonyl (C=O) groups excluding carboxylic acids is 3. The van der Waals surface area contributed by atoms with Crippen molar-refractivity contribution in [3.05, 3.63) is 35.4 Å². The Balaban J connectivity index is 2.05. The van der Waals surface area contributed by atoms with Crippen molar-refractivity contribution in [3.63, 3.8) is 0 Å². The minimum atomic E-state index is -3.74. The number of nitrogens with zero attached hydrogens (tertiary/aromatic N) is 1. The van der Waals surface area contributed by atoms with Crippen molar-refractivity contribution in [2.75, 3.05) is 25.2 Å². The van der Waals surface area contributed by atoms with E-state index in [1.807, 2.05) is 0 Å². The van der Waals surface area contributed by atoms with E-state index in [1.54, 1.807) is 12.1 Å². The molecule has 0 saturated carbocycles. The molecule has 1 aromatic carbocycles. The first-order valence-electron chi connectivity index (χ1n) is 6.23. The van der Waals surface area contributed by atoms with Crippen LogP contribution in [0, 0.1) is 0 Å². The highest BCUT2D eigenvalue weighted by molar-refractivity contribution is 7.92. The molecule has 1 aromatic rings. The minimum absolute atomic E-state index is 0.0668. The van der Waals surface area contributed by atoms with Crippen LogP contribution < -0.4 is 0 Å². The van der Waals surface area contributed by atoms with Gasteiger partial charge >= 0.3 is 5.97 Å². The first kappa shape index (κ1) is 16.1. The molecule has 1 aliphatic heterocycles. The van der Waals surface area contributed by atoms with Crippen LogP contribution in [0.3, 0.4) is 0 Å². The number of hydrogen-bond donors (Lipinski definition) is 0. The number of amides is 2. The third-order valence-corrected chi connectivity index (χ3v) is 4.35. The highest BCUT2D eigenvalue weighted by atomic mass is 32.2. The molecular weight excluding hydrogens is 314 g/mol. The second-order valence-electron chi connectivity index (χ2n) is 4.50. The van der Waals surface area contributed by atoms with Gasteiger partial charge in [-0.1, -0.05) is 17.2 Å². The fourth-order valence-corrected chi connectivity index (χ4v) is 2.82. The number of carbonyl (C=O) groups is 3. The molecule has 118 valence electrons. The molecule has 0 spiro atoms. The van der Waals surface area contributed by atoms with Crippen LogP contribution in [0.1, 0.15) is 20.7 Å². The fourth-order valence-electron chi connectivity index (χ4n) is 1.84. The molecule has 0 fully saturated rings. The summed E-state index contributed by atoms with van der Waals surface area (Å²) >= 11 is 0. The molecule has 22 heavy (non-hydrogen) atoms. The predicted octanol–water partition coefficient (Wildman–Crippen LogP) is -0.198. The summed E-state index contributed by atoms with van der Waals surface area (Å²) < 4.78 is 27.8. The number of fused-ring (bicyclic) bond motifs is 1. The van der Waals surface area contributed by atoms with E-state index in [0.717, 1.165) is 0 Å². The SMILES string of the molecule is COCCS(=O)(=O)CC(=O)ON1C(=O)c2ccccc2C1=O. The summed E-state index contributed by atoms with van der Waals surface area (Å²) in [5.41, 5.74) is 0.199. The maximum atomic E-state index is 11.9. The van der Waals surface area contributed by atoms with Gasteiger partial charge in [-0.05, 0) is 12.1 Å². The topological polar surface area (TPSA) is 107 Å². The van der Waals surface area contributed by atoms with Crippen molar-refractivity contribution in [2.24, 2.45) is 0 Å². The van der Waals surface area contributed by atoms with E-state index >= 15 is 0 Å². The zero-order chi connectivity index (χ0) is 16.3. The van der Waals surface area contributed by atoms with Crippen molar-refractivity contribution in [1.82, 2.24) is 5.06 Å².